The molecule has 0 N–H and O–H groups in total. The number of fused-ring (bicyclic) bond motifs is 1. The van der Waals surface area contributed by atoms with Crippen molar-refractivity contribution in [2.75, 3.05) is 0 Å². The Labute approximate surface area is 151 Å². The zero-order valence-corrected chi connectivity index (χ0v) is 13.9. The van der Waals surface area contributed by atoms with Gasteiger partial charge in [0.15, 0.2) is 5.78 Å². The van der Waals surface area contributed by atoms with Crippen LogP contribution < -0.4 is 0 Å². The Morgan fingerprint density at radius 1 is 0.538 bits per heavy atom. The SMILES string of the molecule is O=C1C(C#Cc2ccccc2)=C(c2ccccc2)C(=O)c2ccccc21. The Morgan fingerprint density at radius 3 is 1.73 bits per heavy atom. The average Bonchev–Trinajstić information content (AvgIpc) is 2.71. The summed E-state index contributed by atoms with van der Waals surface area (Å²) in [4.78, 5) is 26.2. The van der Waals surface area contributed by atoms with Gasteiger partial charge in [0.05, 0.1) is 5.57 Å². The lowest BCUT2D eigenvalue weighted by atomic mass is 9.81. The van der Waals surface area contributed by atoms with Crippen LogP contribution in [0.1, 0.15) is 31.8 Å². The van der Waals surface area contributed by atoms with E-state index in [1.54, 1.807) is 24.3 Å². The summed E-state index contributed by atoms with van der Waals surface area (Å²) in [6, 6.07) is 25.6. The van der Waals surface area contributed by atoms with E-state index >= 15 is 0 Å². The molecule has 1 aliphatic carbocycles. The highest BCUT2D eigenvalue weighted by Gasteiger charge is 2.31. The van der Waals surface area contributed by atoms with Crippen molar-refractivity contribution >= 4 is 17.1 Å². The van der Waals surface area contributed by atoms with Gasteiger partial charge >= 0.3 is 0 Å². The number of benzene rings is 3. The molecule has 0 heterocycles. The second kappa shape index (κ2) is 6.66. The van der Waals surface area contributed by atoms with E-state index in [-0.39, 0.29) is 17.1 Å². The molecule has 0 radical (unpaired) electrons. The predicted octanol–water partition coefficient (Wildman–Crippen LogP) is 4.57. The van der Waals surface area contributed by atoms with Crippen LogP contribution in [0.3, 0.4) is 0 Å². The fourth-order valence-corrected chi connectivity index (χ4v) is 3.03. The second-order valence-electron chi connectivity index (χ2n) is 5.94. The maximum Gasteiger partial charge on any atom is 0.202 e. The van der Waals surface area contributed by atoms with Crippen molar-refractivity contribution in [2.24, 2.45) is 0 Å². The van der Waals surface area contributed by atoms with Crippen LogP contribution in [0, 0.1) is 11.8 Å². The van der Waals surface area contributed by atoms with Gasteiger partial charge in [0.1, 0.15) is 0 Å². The first kappa shape index (κ1) is 15.8. The van der Waals surface area contributed by atoms with Gasteiger partial charge in [-0.05, 0) is 17.7 Å². The average molecular weight is 334 g/mol. The van der Waals surface area contributed by atoms with Crippen LogP contribution in [0.15, 0.2) is 90.5 Å². The van der Waals surface area contributed by atoms with Crippen molar-refractivity contribution in [3.8, 4) is 11.8 Å². The number of carbonyl (C=O) groups is 2. The molecule has 0 amide bonds. The molecule has 2 nitrogen and oxygen atoms in total. The zero-order valence-electron chi connectivity index (χ0n) is 13.9. The van der Waals surface area contributed by atoms with Crippen LogP contribution in [-0.4, -0.2) is 11.6 Å². The summed E-state index contributed by atoms with van der Waals surface area (Å²) < 4.78 is 0. The number of allylic oxidation sites excluding steroid dienone is 2. The van der Waals surface area contributed by atoms with Crippen molar-refractivity contribution in [3.05, 3.63) is 113 Å². The number of carbonyl (C=O) groups excluding carboxylic acids is 2. The van der Waals surface area contributed by atoms with Crippen LogP contribution in [0.25, 0.3) is 5.57 Å². The van der Waals surface area contributed by atoms with E-state index in [1.807, 2.05) is 60.7 Å². The van der Waals surface area contributed by atoms with Crippen molar-refractivity contribution in [1.82, 2.24) is 0 Å². The van der Waals surface area contributed by atoms with Crippen molar-refractivity contribution in [2.45, 2.75) is 0 Å². The van der Waals surface area contributed by atoms with Crippen LogP contribution >= 0.6 is 0 Å². The normalized spacial score (nSPS) is 13.1. The highest BCUT2D eigenvalue weighted by molar-refractivity contribution is 6.41. The van der Waals surface area contributed by atoms with Gasteiger partial charge in [-0.1, -0.05) is 84.6 Å². The minimum absolute atomic E-state index is 0.163. The summed E-state index contributed by atoms with van der Waals surface area (Å²) >= 11 is 0. The van der Waals surface area contributed by atoms with Crippen molar-refractivity contribution < 1.29 is 9.59 Å². The monoisotopic (exact) mass is 334 g/mol. The molecule has 0 aliphatic heterocycles. The molecule has 0 saturated heterocycles. The zero-order chi connectivity index (χ0) is 17.9. The number of hydrogen-bond acceptors (Lipinski definition) is 2. The van der Waals surface area contributed by atoms with Gasteiger partial charge in [-0.15, -0.1) is 0 Å². The lowest BCUT2D eigenvalue weighted by molar-refractivity contribution is 0.0995. The van der Waals surface area contributed by atoms with Gasteiger partial charge in [-0.2, -0.15) is 0 Å². The molecule has 2 heteroatoms. The number of Topliss-reactive ketones (excluding diaryl/α,β-unsaturated/α-hetero) is 2. The van der Waals surface area contributed by atoms with Crippen LogP contribution in [0.5, 0.6) is 0 Å². The first-order valence-corrected chi connectivity index (χ1v) is 8.31. The Morgan fingerprint density at radius 2 is 1.08 bits per heavy atom. The van der Waals surface area contributed by atoms with E-state index in [0.29, 0.717) is 22.3 Å². The summed E-state index contributed by atoms with van der Waals surface area (Å²) in [7, 11) is 0. The van der Waals surface area contributed by atoms with E-state index < -0.39 is 0 Å². The van der Waals surface area contributed by atoms with Gasteiger partial charge in [-0.3, -0.25) is 9.59 Å². The van der Waals surface area contributed by atoms with Gasteiger partial charge in [0.2, 0.25) is 5.78 Å². The number of ketones is 2. The van der Waals surface area contributed by atoms with Crippen LogP contribution in [0.4, 0.5) is 0 Å². The number of hydrogen-bond donors (Lipinski definition) is 0. The topological polar surface area (TPSA) is 34.1 Å². The van der Waals surface area contributed by atoms with Crippen LogP contribution in [-0.2, 0) is 0 Å². The molecule has 0 spiro atoms. The maximum atomic E-state index is 13.1. The molecule has 1 aliphatic rings. The largest absolute Gasteiger partial charge is 0.289 e. The molecular weight excluding hydrogens is 320 g/mol. The third-order valence-corrected chi connectivity index (χ3v) is 4.29. The van der Waals surface area contributed by atoms with E-state index in [4.69, 9.17) is 0 Å². The van der Waals surface area contributed by atoms with Gasteiger partial charge in [0, 0.05) is 22.3 Å². The predicted molar refractivity (Wildman–Crippen MR) is 102 cm³/mol. The van der Waals surface area contributed by atoms with E-state index in [2.05, 4.69) is 11.8 Å². The highest BCUT2D eigenvalue weighted by atomic mass is 16.1. The molecule has 3 aromatic rings. The molecule has 26 heavy (non-hydrogen) atoms. The molecular formula is C24H14O2. The molecule has 122 valence electrons. The minimum Gasteiger partial charge on any atom is -0.289 e. The lowest BCUT2D eigenvalue weighted by Crippen LogP contribution is -2.20. The van der Waals surface area contributed by atoms with Crippen LogP contribution in [0.2, 0.25) is 0 Å². The van der Waals surface area contributed by atoms with E-state index in [9.17, 15) is 9.59 Å². The summed E-state index contributed by atoms with van der Waals surface area (Å²) in [6.45, 7) is 0. The Bertz CT molecular complexity index is 1090. The first-order valence-electron chi connectivity index (χ1n) is 8.31. The quantitative estimate of drug-likeness (QED) is 0.611. The molecule has 0 bridgehead atoms. The Hall–Kier alpha value is -3.70. The van der Waals surface area contributed by atoms with E-state index in [1.165, 1.54) is 0 Å². The van der Waals surface area contributed by atoms with Gasteiger partial charge in [-0.25, -0.2) is 0 Å². The Kier molecular flexibility index (Phi) is 4.05. The molecule has 0 saturated carbocycles. The molecule has 4 rings (SSSR count). The summed E-state index contributed by atoms with van der Waals surface area (Å²) in [5.74, 6) is 5.61. The van der Waals surface area contributed by atoms with Gasteiger partial charge < -0.3 is 0 Å². The molecule has 0 atom stereocenters. The lowest BCUT2D eigenvalue weighted by Gasteiger charge is -2.18. The summed E-state index contributed by atoms with van der Waals surface area (Å²) in [5, 5.41) is 0. The third-order valence-electron chi connectivity index (χ3n) is 4.29. The molecule has 0 unspecified atom stereocenters. The Balaban J connectivity index is 1.94. The molecule has 3 aromatic carbocycles. The fourth-order valence-electron chi connectivity index (χ4n) is 3.03. The standard InChI is InChI=1S/C24H14O2/c25-23-19-13-7-8-14-20(19)24(26)22(18-11-5-2-6-12-18)21(23)16-15-17-9-3-1-4-10-17/h1-14H. The maximum absolute atomic E-state index is 13.1. The third kappa shape index (κ3) is 2.76. The smallest absolute Gasteiger partial charge is 0.202 e. The summed E-state index contributed by atoms with van der Waals surface area (Å²) in [6.07, 6.45) is 0. The molecule has 0 aromatic heterocycles. The highest BCUT2D eigenvalue weighted by Crippen LogP contribution is 2.32. The van der Waals surface area contributed by atoms with Crippen molar-refractivity contribution in [3.63, 3.8) is 0 Å². The van der Waals surface area contributed by atoms with Crippen molar-refractivity contribution in [1.29, 1.82) is 0 Å². The van der Waals surface area contributed by atoms with E-state index in [0.717, 1.165) is 5.56 Å². The fraction of sp³-hybridized carbons (Fsp3) is 0. The summed E-state index contributed by atoms with van der Waals surface area (Å²) in [5.41, 5.74) is 2.97. The first-order chi connectivity index (χ1) is 12.8. The molecule has 0 fully saturated rings. The minimum atomic E-state index is -0.206. The van der Waals surface area contributed by atoms with Gasteiger partial charge in [0.25, 0.3) is 0 Å². The number of rotatable bonds is 1. The second-order valence-corrected chi connectivity index (χ2v) is 5.94.